The first kappa shape index (κ1) is 21.2. The largest absolute Gasteiger partial charge is 0.354 e. The number of pyridine rings is 2. The minimum Gasteiger partial charge on any atom is -0.354 e. The highest BCUT2D eigenvalue weighted by atomic mass is 32.2. The summed E-state index contributed by atoms with van der Waals surface area (Å²) >= 11 is 0. The van der Waals surface area contributed by atoms with Crippen LogP contribution in [0.3, 0.4) is 0 Å². The third-order valence-electron chi connectivity index (χ3n) is 4.83. The van der Waals surface area contributed by atoms with Crippen molar-refractivity contribution < 1.29 is 13.2 Å². The molecule has 3 heterocycles. The van der Waals surface area contributed by atoms with Crippen LogP contribution in [0.4, 0.5) is 5.82 Å². The van der Waals surface area contributed by atoms with E-state index in [9.17, 15) is 13.2 Å². The molecule has 0 bridgehead atoms. The van der Waals surface area contributed by atoms with Crippen LogP contribution < -0.4 is 10.2 Å². The van der Waals surface area contributed by atoms with Gasteiger partial charge in [0.15, 0.2) is 0 Å². The van der Waals surface area contributed by atoms with Crippen LogP contribution in [0.5, 0.6) is 0 Å². The van der Waals surface area contributed by atoms with Gasteiger partial charge in [-0.2, -0.15) is 4.31 Å². The zero-order chi connectivity index (χ0) is 20.9. The monoisotopic (exact) mass is 418 g/mol. The molecule has 29 heavy (non-hydrogen) atoms. The number of hydrogen-bond donors (Lipinski definition) is 1. The number of amides is 1. The summed E-state index contributed by atoms with van der Waals surface area (Å²) in [6, 6.07) is 6.87. The zero-order valence-electron chi connectivity index (χ0n) is 16.7. The number of hydrogen-bond acceptors (Lipinski definition) is 7. The average molecular weight is 419 g/mol. The Morgan fingerprint density at radius 2 is 1.93 bits per heavy atom. The summed E-state index contributed by atoms with van der Waals surface area (Å²) in [5.74, 6) is 0.540. The van der Waals surface area contributed by atoms with E-state index in [-0.39, 0.29) is 23.9 Å². The first-order chi connectivity index (χ1) is 13.9. The van der Waals surface area contributed by atoms with E-state index < -0.39 is 10.0 Å². The van der Waals surface area contributed by atoms with Crippen LogP contribution in [0.1, 0.15) is 5.56 Å². The van der Waals surface area contributed by atoms with Gasteiger partial charge in [-0.1, -0.05) is 6.07 Å². The maximum Gasteiger partial charge on any atom is 0.244 e. The van der Waals surface area contributed by atoms with Crippen LogP contribution in [0, 0.1) is 0 Å². The van der Waals surface area contributed by atoms with Gasteiger partial charge in [0, 0.05) is 58.4 Å². The number of aromatic nitrogens is 2. The van der Waals surface area contributed by atoms with E-state index >= 15 is 0 Å². The van der Waals surface area contributed by atoms with Crippen LogP contribution in [-0.4, -0.2) is 80.3 Å². The van der Waals surface area contributed by atoms with E-state index in [0.717, 1.165) is 41.9 Å². The fourth-order valence-corrected chi connectivity index (χ4v) is 4.06. The molecular weight excluding hydrogens is 392 g/mol. The van der Waals surface area contributed by atoms with Gasteiger partial charge < -0.3 is 15.1 Å². The molecule has 1 fully saturated rings. The summed E-state index contributed by atoms with van der Waals surface area (Å²) < 4.78 is 25.9. The molecular formula is C19H26N6O3S. The Morgan fingerprint density at radius 3 is 2.55 bits per heavy atom. The van der Waals surface area contributed by atoms with Crippen molar-refractivity contribution in [1.82, 2.24) is 24.5 Å². The SMILES string of the molecule is CN1CCN(c2ccc(CNC(=O)CN(C)S(=O)(=O)c3cccnc3)cn2)CC1. The average Bonchev–Trinajstić information content (AvgIpc) is 2.74. The third-order valence-corrected chi connectivity index (χ3v) is 6.62. The maximum absolute atomic E-state index is 12.4. The number of nitrogens with one attached hydrogen (secondary N) is 1. The molecule has 0 aliphatic carbocycles. The highest BCUT2D eigenvalue weighted by Crippen LogP contribution is 2.14. The lowest BCUT2D eigenvalue weighted by Gasteiger charge is -2.33. The Kier molecular flexibility index (Phi) is 6.78. The molecule has 1 aliphatic heterocycles. The van der Waals surface area contributed by atoms with Crippen molar-refractivity contribution in [2.45, 2.75) is 11.4 Å². The van der Waals surface area contributed by atoms with Gasteiger partial charge >= 0.3 is 0 Å². The summed E-state index contributed by atoms with van der Waals surface area (Å²) in [5.41, 5.74) is 0.856. The van der Waals surface area contributed by atoms with Crippen molar-refractivity contribution in [3.8, 4) is 0 Å². The lowest BCUT2D eigenvalue weighted by atomic mass is 10.2. The second-order valence-corrected chi connectivity index (χ2v) is 9.09. The smallest absolute Gasteiger partial charge is 0.244 e. The van der Waals surface area contributed by atoms with Crippen LogP contribution in [0.15, 0.2) is 47.8 Å². The van der Waals surface area contributed by atoms with Crippen molar-refractivity contribution in [3.63, 3.8) is 0 Å². The zero-order valence-corrected chi connectivity index (χ0v) is 17.5. The molecule has 1 aliphatic rings. The standard InChI is InChI=1S/C19H26N6O3S/c1-23-8-10-25(11-9-23)18-6-5-16(12-21-18)13-22-19(26)15-24(2)29(27,28)17-4-3-7-20-14-17/h3-7,12,14H,8-11,13,15H2,1-2H3,(H,22,26). The Hall–Kier alpha value is -2.56. The molecule has 1 saturated heterocycles. The molecule has 2 aromatic heterocycles. The molecule has 1 N–H and O–H groups in total. The minimum absolute atomic E-state index is 0.0546. The van der Waals surface area contributed by atoms with Gasteiger partial charge in [0.05, 0.1) is 6.54 Å². The first-order valence-electron chi connectivity index (χ1n) is 9.38. The highest BCUT2D eigenvalue weighted by Gasteiger charge is 2.23. The number of carbonyl (C=O) groups excluding carboxylic acids is 1. The number of nitrogens with zero attached hydrogens (tertiary/aromatic N) is 5. The summed E-state index contributed by atoms with van der Waals surface area (Å²) in [7, 11) is -0.274. The Balaban J connectivity index is 1.50. The molecule has 0 spiro atoms. The summed E-state index contributed by atoms with van der Waals surface area (Å²) in [4.78, 5) is 25.1. The maximum atomic E-state index is 12.4. The quantitative estimate of drug-likeness (QED) is 0.684. The highest BCUT2D eigenvalue weighted by molar-refractivity contribution is 7.89. The molecule has 156 valence electrons. The molecule has 0 radical (unpaired) electrons. The second kappa shape index (κ2) is 9.29. The fourth-order valence-electron chi connectivity index (χ4n) is 2.97. The molecule has 0 aromatic carbocycles. The van der Waals surface area contributed by atoms with Crippen LogP contribution in [0.25, 0.3) is 0 Å². The second-order valence-electron chi connectivity index (χ2n) is 7.04. The molecule has 1 amide bonds. The van der Waals surface area contributed by atoms with Gasteiger partial charge in [-0.3, -0.25) is 9.78 Å². The molecule has 9 nitrogen and oxygen atoms in total. The predicted octanol–water partition coefficient (Wildman–Crippen LogP) is 0.165. The Labute approximate surface area is 171 Å². The van der Waals surface area contributed by atoms with Gasteiger partial charge in [0.2, 0.25) is 15.9 Å². The van der Waals surface area contributed by atoms with E-state index in [1.807, 2.05) is 12.1 Å². The molecule has 0 atom stereocenters. The van der Waals surface area contributed by atoms with Crippen molar-refractivity contribution in [2.24, 2.45) is 0 Å². The number of anilines is 1. The number of piperazine rings is 1. The molecule has 10 heteroatoms. The van der Waals surface area contributed by atoms with E-state index in [1.165, 1.54) is 25.5 Å². The van der Waals surface area contributed by atoms with Crippen molar-refractivity contribution in [2.75, 3.05) is 51.7 Å². The van der Waals surface area contributed by atoms with Gasteiger partial charge in [0.1, 0.15) is 10.7 Å². The van der Waals surface area contributed by atoms with E-state index in [0.29, 0.717) is 0 Å². The number of carbonyl (C=O) groups is 1. The van der Waals surface area contributed by atoms with Gasteiger partial charge in [0.25, 0.3) is 0 Å². The fraction of sp³-hybridized carbons (Fsp3) is 0.421. The van der Waals surface area contributed by atoms with Crippen LogP contribution in [0.2, 0.25) is 0 Å². The number of rotatable bonds is 7. The lowest BCUT2D eigenvalue weighted by Crippen LogP contribution is -2.44. The summed E-state index contributed by atoms with van der Waals surface area (Å²) in [6.45, 7) is 3.91. The van der Waals surface area contributed by atoms with Gasteiger partial charge in [-0.25, -0.2) is 13.4 Å². The van der Waals surface area contributed by atoms with E-state index in [1.54, 1.807) is 12.3 Å². The van der Waals surface area contributed by atoms with E-state index in [2.05, 4.69) is 32.1 Å². The third kappa shape index (κ3) is 5.49. The summed E-state index contributed by atoms with van der Waals surface area (Å²) in [5, 5.41) is 2.74. The van der Waals surface area contributed by atoms with Crippen molar-refractivity contribution >= 4 is 21.7 Å². The van der Waals surface area contributed by atoms with Crippen LogP contribution >= 0.6 is 0 Å². The van der Waals surface area contributed by atoms with E-state index in [4.69, 9.17) is 0 Å². The summed E-state index contributed by atoms with van der Waals surface area (Å²) in [6.07, 6.45) is 4.50. The van der Waals surface area contributed by atoms with Crippen molar-refractivity contribution in [3.05, 3.63) is 48.4 Å². The Bertz CT molecular complexity index is 913. The topological polar surface area (TPSA) is 98.7 Å². The lowest BCUT2D eigenvalue weighted by molar-refractivity contribution is -0.121. The van der Waals surface area contributed by atoms with Crippen LogP contribution in [-0.2, 0) is 21.4 Å². The number of sulfonamides is 1. The Morgan fingerprint density at radius 1 is 1.17 bits per heavy atom. The normalized spacial score (nSPS) is 15.5. The minimum atomic E-state index is -3.75. The van der Waals surface area contributed by atoms with Crippen molar-refractivity contribution in [1.29, 1.82) is 0 Å². The molecule has 3 rings (SSSR count). The molecule has 0 saturated carbocycles. The first-order valence-corrected chi connectivity index (χ1v) is 10.8. The molecule has 0 unspecified atom stereocenters. The molecule has 2 aromatic rings. The predicted molar refractivity (Wildman–Crippen MR) is 110 cm³/mol. The van der Waals surface area contributed by atoms with Gasteiger partial charge in [-0.15, -0.1) is 0 Å². The van der Waals surface area contributed by atoms with Gasteiger partial charge in [-0.05, 0) is 30.8 Å². The number of likely N-dealkylation sites (N-methyl/N-ethyl adjacent to an activating group) is 2.